The van der Waals surface area contributed by atoms with Crippen LogP contribution in [0.5, 0.6) is 0 Å². The molecule has 2 aromatic heterocycles. The molecule has 1 aliphatic heterocycles. The van der Waals surface area contributed by atoms with Crippen LogP contribution < -0.4 is 10.9 Å². The van der Waals surface area contributed by atoms with Gasteiger partial charge >= 0.3 is 5.97 Å². The van der Waals surface area contributed by atoms with Gasteiger partial charge in [-0.05, 0) is 24.4 Å². The van der Waals surface area contributed by atoms with Crippen molar-refractivity contribution in [1.82, 2.24) is 4.98 Å². The molecule has 5 nitrogen and oxygen atoms in total. The Labute approximate surface area is 118 Å². The van der Waals surface area contributed by atoms with Crippen LogP contribution in [0.25, 0.3) is 0 Å². The van der Waals surface area contributed by atoms with Crippen molar-refractivity contribution in [2.45, 2.75) is 12.8 Å². The van der Waals surface area contributed by atoms with Crippen molar-refractivity contribution >= 4 is 23.0 Å². The highest BCUT2D eigenvalue weighted by Gasteiger charge is 2.34. The molecule has 20 heavy (non-hydrogen) atoms. The van der Waals surface area contributed by atoms with E-state index in [4.69, 9.17) is 0 Å². The Hall–Kier alpha value is -2.34. The number of fused-ring (bicyclic) bond motifs is 1. The van der Waals surface area contributed by atoms with E-state index in [9.17, 15) is 14.7 Å². The molecular weight excluding hydrogens is 276 g/mol. The number of aromatic amines is 1. The Bertz CT molecular complexity index is 759. The van der Waals surface area contributed by atoms with Crippen molar-refractivity contribution in [3.63, 3.8) is 0 Å². The van der Waals surface area contributed by atoms with Gasteiger partial charge in [-0.1, -0.05) is 6.07 Å². The number of carboxylic acids is 1. The molecule has 0 aliphatic carbocycles. The minimum atomic E-state index is -1.01. The Morgan fingerprint density at radius 3 is 2.85 bits per heavy atom. The number of aromatic nitrogens is 1. The molecule has 0 spiro atoms. The highest BCUT2D eigenvalue weighted by Crippen LogP contribution is 2.41. The van der Waals surface area contributed by atoms with Crippen LogP contribution >= 0.6 is 11.3 Å². The van der Waals surface area contributed by atoms with Crippen LogP contribution in [-0.4, -0.2) is 16.1 Å². The van der Waals surface area contributed by atoms with Crippen LogP contribution in [-0.2, 0) is 4.79 Å². The number of hydrogen-bond donors (Lipinski definition) is 3. The second-order valence-electron chi connectivity index (χ2n) is 4.55. The lowest BCUT2D eigenvalue weighted by Crippen LogP contribution is -2.28. The van der Waals surface area contributed by atoms with Crippen LogP contribution in [0.15, 0.2) is 45.8 Å². The standard InChI is InChI=1S/C14H12N2O3S/c1-7-10(14(18)19)12(9-3-2-6-20-9)11-8(16-7)4-5-15-13(11)17/h2-6,12,16H,1H3,(H,15,17)(H,18,19). The zero-order valence-corrected chi connectivity index (χ0v) is 11.5. The summed E-state index contributed by atoms with van der Waals surface area (Å²) in [5.74, 6) is -1.55. The lowest BCUT2D eigenvalue weighted by Gasteiger charge is -2.27. The summed E-state index contributed by atoms with van der Waals surface area (Å²) in [7, 11) is 0. The van der Waals surface area contributed by atoms with Gasteiger partial charge in [0.25, 0.3) is 5.56 Å². The first-order valence-electron chi connectivity index (χ1n) is 6.05. The SMILES string of the molecule is CC1=C(C(=O)O)C(c2cccs2)c2c(cc[nH]c2=O)N1. The zero-order valence-electron chi connectivity index (χ0n) is 10.6. The summed E-state index contributed by atoms with van der Waals surface area (Å²) in [5, 5.41) is 14.4. The molecule has 0 fully saturated rings. The van der Waals surface area contributed by atoms with E-state index in [-0.39, 0.29) is 11.1 Å². The van der Waals surface area contributed by atoms with Gasteiger partial charge in [-0.15, -0.1) is 11.3 Å². The van der Waals surface area contributed by atoms with E-state index in [0.29, 0.717) is 16.9 Å². The van der Waals surface area contributed by atoms with E-state index < -0.39 is 11.9 Å². The molecule has 1 atom stereocenters. The number of aliphatic carboxylic acids is 1. The van der Waals surface area contributed by atoms with Gasteiger partial charge in [0.2, 0.25) is 0 Å². The summed E-state index contributed by atoms with van der Waals surface area (Å²) in [6, 6.07) is 5.46. The summed E-state index contributed by atoms with van der Waals surface area (Å²) in [6.07, 6.45) is 1.55. The molecule has 0 amide bonds. The molecule has 3 rings (SSSR count). The number of thiophene rings is 1. The number of carbonyl (C=O) groups is 1. The summed E-state index contributed by atoms with van der Waals surface area (Å²) >= 11 is 1.45. The molecule has 3 N–H and O–H groups in total. The van der Waals surface area contributed by atoms with Gasteiger partial charge in [-0.2, -0.15) is 0 Å². The number of anilines is 1. The fraction of sp³-hybridized carbons (Fsp3) is 0.143. The minimum absolute atomic E-state index is 0.219. The first-order chi connectivity index (χ1) is 9.59. The molecule has 0 aromatic carbocycles. The number of pyridine rings is 1. The Morgan fingerprint density at radius 2 is 2.20 bits per heavy atom. The van der Waals surface area contributed by atoms with Crippen molar-refractivity contribution in [2.24, 2.45) is 0 Å². The van der Waals surface area contributed by atoms with Gasteiger partial charge in [-0.3, -0.25) is 4.79 Å². The van der Waals surface area contributed by atoms with Crippen LogP contribution in [0.1, 0.15) is 23.3 Å². The predicted octanol–water partition coefficient (Wildman–Crippen LogP) is 2.35. The third-order valence-corrected chi connectivity index (χ3v) is 4.30. The van der Waals surface area contributed by atoms with Crippen LogP contribution in [0.2, 0.25) is 0 Å². The first-order valence-corrected chi connectivity index (χ1v) is 6.93. The number of nitrogens with one attached hydrogen (secondary N) is 2. The molecule has 0 saturated carbocycles. The summed E-state index contributed by atoms with van der Waals surface area (Å²) < 4.78 is 0. The van der Waals surface area contributed by atoms with E-state index in [2.05, 4.69) is 10.3 Å². The molecule has 3 heterocycles. The highest BCUT2D eigenvalue weighted by atomic mass is 32.1. The van der Waals surface area contributed by atoms with Crippen molar-refractivity contribution in [3.05, 3.63) is 61.8 Å². The zero-order chi connectivity index (χ0) is 14.3. The monoisotopic (exact) mass is 288 g/mol. The fourth-order valence-electron chi connectivity index (χ4n) is 2.54. The van der Waals surface area contributed by atoms with Crippen molar-refractivity contribution in [3.8, 4) is 0 Å². The summed E-state index contributed by atoms with van der Waals surface area (Å²) in [6.45, 7) is 1.72. The number of carboxylic acid groups (broad SMARTS) is 1. The average molecular weight is 288 g/mol. The largest absolute Gasteiger partial charge is 0.478 e. The summed E-state index contributed by atoms with van der Waals surface area (Å²) in [4.78, 5) is 27.2. The molecular formula is C14H12N2O3S. The molecule has 0 saturated heterocycles. The number of H-pyrrole nitrogens is 1. The quantitative estimate of drug-likeness (QED) is 0.792. The van der Waals surface area contributed by atoms with Gasteiger partial charge in [0.1, 0.15) is 0 Å². The highest BCUT2D eigenvalue weighted by molar-refractivity contribution is 7.10. The van der Waals surface area contributed by atoms with E-state index >= 15 is 0 Å². The first kappa shape index (κ1) is 12.7. The van der Waals surface area contributed by atoms with E-state index in [1.54, 1.807) is 19.2 Å². The normalized spacial score (nSPS) is 17.6. The van der Waals surface area contributed by atoms with Crippen LogP contribution in [0.3, 0.4) is 0 Å². The van der Waals surface area contributed by atoms with E-state index in [1.165, 1.54) is 11.3 Å². The van der Waals surface area contributed by atoms with Gasteiger partial charge in [0.05, 0.1) is 17.1 Å². The summed E-state index contributed by atoms with van der Waals surface area (Å²) in [5.41, 5.74) is 1.64. The smallest absolute Gasteiger partial charge is 0.334 e. The maximum absolute atomic E-state index is 12.1. The molecule has 102 valence electrons. The second-order valence-corrected chi connectivity index (χ2v) is 5.53. The van der Waals surface area contributed by atoms with Crippen molar-refractivity contribution in [1.29, 1.82) is 0 Å². The fourth-order valence-corrected chi connectivity index (χ4v) is 3.38. The minimum Gasteiger partial charge on any atom is -0.478 e. The van der Waals surface area contributed by atoms with Gasteiger partial charge in [0, 0.05) is 22.5 Å². The van der Waals surface area contributed by atoms with E-state index in [1.807, 2.05) is 17.5 Å². The third-order valence-electron chi connectivity index (χ3n) is 3.36. The van der Waals surface area contributed by atoms with Gasteiger partial charge in [-0.25, -0.2) is 4.79 Å². The Morgan fingerprint density at radius 1 is 1.40 bits per heavy atom. The molecule has 1 unspecified atom stereocenters. The third kappa shape index (κ3) is 1.85. The maximum atomic E-state index is 12.1. The topological polar surface area (TPSA) is 82.2 Å². The lowest BCUT2D eigenvalue weighted by atomic mass is 9.85. The number of hydrogen-bond acceptors (Lipinski definition) is 4. The van der Waals surface area contributed by atoms with Gasteiger partial charge < -0.3 is 15.4 Å². The average Bonchev–Trinajstić information content (AvgIpc) is 2.90. The number of allylic oxidation sites excluding steroid dienone is 1. The molecule has 6 heteroatoms. The van der Waals surface area contributed by atoms with Crippen LogP contribution in [0.4, 0.5) is 5.69 Å². The van der Waals surface area contributed by atoms with Crippen molar-refractivity contribution in [2.75, 3.05) is 5.32 Å². The molecule has 0 bridgehead atoms. The molecule has 1 aliphatic rings. The van der Waals surface area contributed by atoms with Gasteiger partial charge in [0.15, 0.2) is 0 Å². The Balaban J connectivity index is 2.31. The maximum Gasteiger partial charge on any atom is 0.334 e. The lowest BCUT2D eigenvalue weighted by molar-refractivity contribution is -0.132. The second kappa shape index (κ2) is 4.64. The Kier molecular flexibility index (Phi) is 2.94. The molecule has 0 radical (unpaired) electrons. The van der Waals surface area contributed by atoms with Crippen LogP contribution in [0, 0.1) is 0 Å². The number of rotatable bonds is 2. The predicted molar refractivity (Wildman–Crippen MR) is 77.2 cm³/mol. The van der Waals surface area contributed by atoms with Crippen molar-refractivity contribution < 1.29 is 9.90 Å². The molecule has 2 aromatic rings. The van der Waals surface area contributed by atoms with E-state index in [0.717, 1.165) is 4.88 Å².